The molecule has 10 aromatic carbocycles. The molecular weight excluding hydrogens is 1920 g/mol. The van der Waals surface area contributed by atoms with Crippen molar-refractivity contribution in [2.24, 2.45) is 31.2 Å². The van der Waals surface area contributed by atoms with Gasteiger partial charge in [0.15, 0.2) is 0 Å². The Kier molecular flexibility index (Phi) is 35.8. The zero-order valence-corrected chi connectivity index (χ0v) is 87.7. The van der Waals surface area contributed by atoms with E-state index in [1.165, 1.54) is 55.0 Å². The van der Waals surface area contributed by atoms with Gasteiger partial charge in [-0.05, 0) is 243 Å². The van der Waals surface area contributed by atoms with Crippen molar-refractivity contribution in [3.8, 4) is 0 Å². The number of benzene rings is 10. The molecule has 37 nitrogen and oxygen atoms in total. The smallest absolute Gasteiger partial charge is 0.352 e. The number of nitro benzene ring substituents is 2. The zero-order valence-electron chi connectivity index (χ0n) is 86.8. The normalized spacial score (nSPS) is 18.9. The summed E-state index contributed by atoms with van der Waals surface area (Å²) >= 11 is 0. The summed E-state index contributed by atoms with van der Waals surface area (Å²) in [5.74, 6) is -1.73. The van der Waals surface area contributed by atoms with Gasteiger partial charge in [-0.2, -0.15) is 25.5 Å². The fourth-order valence-corrected chi connectivity index (χ4v) is 20.8. The van der Waals surface area contributed by atoms with Crippen LogP contribution in [0.5, 0.6) is 0 Å². The lowest BCUT2D eigenvalue weighted by Crippen LogP contribution is -2.47. The second kappa shape index (κ2) is 49.5. The van der Waals surface area contributed by atoms with Crippen LogP contribution in [0.4, 0.5) is 61.7 Å². The van der Waals surface area contributed by atoms with E-state index in [1.54, 1.807) is 41.4 Å². The number of nitrogens with zero attached hydrogens (tertiary/aromatic N) is 16. The number of piperidine rings is 4. The van der Waals surface area contributed by atoms with Gasteiger partial charge in [0.25, 0.3) is 35.0 Å². The summed E-state index contributed by atoms with van der Waals surface area (Å²) in [5, 5.41) is 74.7. The molecule has 4 saturated heterocycles. The van der Waals surface area contributed by atoms with E-state index in [0.717, 1.165) is 205 Å². The van der Waals surface area contributed by atoms with Crippen LogP contribution in [0.2, 0.25) is 0 Å². The monoisotopic (exact) mass is 2060 g/mol. The lowest BCUT2D eigenvalue weighted by Gasteiger charge is -2.26. The molecule has 0 radical (unpaired) electrons. The number of nitrogen functional groups attached to an aromatic ring is 1. The average molecular weight is 2060 g/mol. The predicted octanol–water partition coefficient (Wildman–Crippen LogP) is 18.5. The Balaban J connectivity index is 0.000000140. The molecule has 38 heteroatoms. The average Bonchev–Trinajstić information content (AvgIpc) is 1.64. The molecule has 0 spiro atoms. The van der Waals surface area contributed by atoms with Crippen LogP contribution in [0.15, 0.2) is 238 Å². The molecule has 4 fully saturated rings. The van der Waals surface area contributed by atoms with E-state index >= 15 is 0 Å². The number of rotatable bonds is 24. The van der Waals surface area contributed by atoms with Crippen LogP contribution in [0.25, 0.3) is 0 Å². The molecule has 9 aliphatic heterocycles. The predicted molar refractivity (Wildman–Crippen MR) is 589 cm³/mol. The first kappa shape index (κ1) is 109. The molecule has 150 heavy (non-hydrogen) atoms. The number of anilines is 8. The van der Waals surface area contributed by atoms with E-state index in [2.05, 4.69) is 105 Å². The summed E-state index contributed by atoms with van der Waals surface area (Å²) in [6.45, 7) is 27.2. The first-order chi connectivity index (χ1) is 71.9. The van der Waals surface area contributed by atoms with Crippen LogP contribution >= 0.6 is 0 Å². The molecule has 786 valence electrons. The number of hydrogen-bond donors (Lipinski definition) is 9. The van der Waals surface area contributed by atoms with E-state index in [-0.39, 0.29) is 71.3 Å². The largest absolute Gasteiger partial charge is 0.477 e. The fourth-order valence-electron chi connectivity index (χ4n) is 20.3. The third-order valence-electron chi connectivity index (χ3n) is 27.6. The van der Waals surface area contributed by atoms with Gasteiger partial charge in [0, 0.05) is 126 Å². The zero-order chi connectivity index (χ0) is 107. The van der Waals surface area contributed by atoms with Gasteiger partial charge in [0.05, 0.1) is 74.7 Å². The van der Waals surface area contributed by atoms with Crippen molar-refractivity contribution in [3.63, 3.8) is 0 Å². The third-order valence-corrected chi connectivity index (χ3v) is 28.3. The summed E-state index contributed by atoms with van der Waals surface area (Å²) in [6, 6.07) is 64.3. The van der Waals surface area contributed by atoms with Crippen LogP contribution in [0, 0.1) is 89.5 Å². The number of primary amides is 1. The van der Waals surface area contributed by atoms with Crippen LogP contribution in [-0.2, 0) is 34.0 Å². The number of carbonyl (C=O) groups excluding carboxylic acids is 5. The van der Waals surface area contributed by atoms with Crippen molar-refractivity contribution in [1.82, 2.24) is 41.7 Å². The summed E-state index contributed by atoms with van der Waals surface area (Å²) in [6.07, 6.45) is 16.6. The molecule has 0 saturated carbocycles. The van der Waals surface area contributed by atoms with Gasteiger partial charge in [-0.25, -0.2) is 38.0 Å². The number of urea groups is 1. The number of hydrazine groups is 4. The number of non-ortho nitro benzene ring substituents is 2. The molecule has 11 N–H and O–H groups in total. The van der Waals surface area contributed by atoms with Crippen LogP contribution in [0.1, 0.15) is 223 Å². The topological polar surface area (TPSA) is 458 Å². The van der Waals surface area contributed by atoms with Crippen LogP contribution in [-0.4, -0.2) is 166 Å². The van der Waals surface area contributed by atoms with Gasteiger partial charge in [-0.1, -0.05) is 175 Å². The molecular formula is C112H134N24O13S. The standard InChI is InChI=1S/C24H30N6O2.C24H31N5O3S.C23H27N5O3.C23H29N5O.C18H17N3O4/c1-16-9-10-21(17(2)13-16)30-22(18-7-6-8-19(14-18)26-24(25)32)15-20(27-30)23(31)28-29-11-4-3-5-12-29;1-17-10-11-22(18(2)14-17)29-23(19-8-7-9-20(15-19)27-33(3,31)32)16-21(25-29)24(30)26-28-12-5-4-6-13-28;1-16-9-10-21(17(2)13-16)27-22(18-7-6-8-19(14-18)28(30)31)15-20(24-27)23(29)25-26-11-4-3-5-12-26;1-16-9-10-21(17(2)13-16)28-22(18-7-6-8-19(24)14-18)15-20(25-28)23(29)26-27-11-4-3-5-12-27;1-11-6-7-16(12(2)8-11)20-17(10-15(19-20)18(22)23)13-4-3-5-14(9-13)21(24)25/h6-10,13-14,22H,3-5,11-12,15H2,1-2H3,(H,28,31)(H3,25,26,32);7-11,14-15,23,27H,4-6,12-13,16H2,1-3H3,(H,26,30);6-10,13-14,22H,3-5,11-12,15H2,1-2H3,(H,25,29);6-10,13-14,22H,3-5,11-12,15,24H2,1-2H3,(H,26,29);3-9,17H,10H2,1-2H3,(H,22,23). The number of carboxylic acid groups (broad SMARTS) is 1. The Hall–Kier alpha value is -15.6. The van der Waals surface area contributed by atoms with E-state index in [1.807, 2.05) is 204 Å². The number of nitro groups is 2. The SMILES string of the molecule is Cc1ccc(N2N=C(C(=O)NN3CCCCC3)CC2c2cccc(N)c2)c(C)c1.Cc1ccc(N2N=C(C(=O)NN3CCCCC3)CC2c2cccc(NC(N)=O)c2)c(C)c1.Cc1ccc(N2N=C(C(=O)NN3CCCCC3)CC2c2cccc(NS(C)(=O)=O)c2)c(C)c1.Cc1ccc(N2N=C(C(=O)NN3CCCCC3)CC2c2cccc([N+](=O)[O-])c2)c(C)c1.Cc1ccc(N2N=C(C(=O)O)CC2c2cccc([N+](=O)[O-])c2)c(C)c1. The molecule has 10 aromatic rings. The van der Waals surface area contributed by atoms with Gasteiger partial charge in [0.1, 0.15) is 28.6 Å². The minimum atomic E-state index is -3.40. The van der Waals surface area contributed by atoms with Crippen molar-refractivity contribution < 1.29 is 52.1 Å². The maximum atomic E-state index is 13.1. The Morgan fingerprint density at radius 1 is 0.333 bits per heavy atom. The van der Waals surface area contributed by atoms with E-state index in [9.17, 15) is 62.5 Å². The summed E-state index contributed by atoms with van der Waals surface area (Å²) in [5.41, 5.74) is 47.2. The second-order valence-corrected chi connectivity index (χ2v) is 41.5. The number of hydrogen-bond acceptors (Lipinski definition) is 27. The highest BCUT2D eigenvalue weighted by atomic mass is 32.2. The number of carbonyl (C=O) groups is 6. The van der Waals surface area contributed by atoms with Gasteiger partial charge >= 0.3 is 12.0 Å². The highest BCUT2D eigenvalue weighted by Crippen LogP contribution is 2.45. The van der Waals surface area contributed by atoms with Gasteiger partial charge in [-0.3, -0.25) is 90.9 Å². The van der Waals surface area contributed by atoms with E-state index in [4.69, 9.17) is 26.8 Å². The first-order valence-corrected chi connectivity index (χ1v) is 53.0. The Morgan fingerprint density at radius 2 is 0.580 bits per heavy atom. The first-order valence-electron chi connectivity index (χ1n) is 51.1. The Labute approximate surface area is 875 Å². The van der Waals surface area contributed by atoms with E-state index in [0.29, 0.717) is 71.2 Å². The van der Waals surface area contributed by atoms with Gasteiger partial charge < -0.3 is 21.9 Å². The molecule has 0 aromatic heterocycles. The molecule has 0 bridgehead atoms. The number of nitrogens with two attached hydrogens (primary N) is 2. The molecule has 5 unspecified atom stereocenters. The quantitative estimate of drug-likeness (QED) is 0.0154. The molecule has 9 heterocycles. The van der Waals surface area contributed by atoms with Crippen molar-refractivity contribution >= 4 is 131 Å². The number of aryl methyl sites for hydroxylation is 10. The molecule has 9 aliphatic rings. The molecule has 5 atom stereocenters. The molecule has 0 aliphatic carbocycles. The maximum absolute atomic E-state index is 13.1. The number of hydrazone groups is 5. The number of sulfonamides is 1. The lowest BCUT2D eigenvalue weighted by molar-refractivity contribution is -0.385. The maximum Gasteiger partial charge on any atom is 0.352 e. The molecule has 6 amide bonds. The summed E-state index contributed by atoms with van der Waals surface area (Å²) in [7, 11) is -3.40. The Morgan fingerprint density at radius 3 is 0.840 bits per heavy atom. The van der Waals surface area contributed by atoms with Crippen molar-refractivity contribution in [2.75, 3.05) is 99.4 Å². The minimum absolute atomic E-state index is 0.0261. The Bertz CT molecular complexity index is 6970. The molecule has 19 rings (SSSR count). The van der Waals surface area contributed by atoms with Crippen molar-refractivity contribution in [1.29, 1.82) is 0 Å². The van der Waals surface area contributed by atoms with Gasteiger partial charge in [-0.15, -0.1) is 0 Å². The highest BCUT2D eigenvalue weighted by Gasteiger charge is 2.41. The lowest BCUT2D eigenvalue weighted by atomic mass is 9.99. The van der Waals surface area contributed by atoms with Crippen molar-refractivity contribution in [3.05, 3.63) is 316 Å². The van der Waals surface area contributed by atoms with Crippen LogP contribution in [0.3, 0.4) is 0 Å². The summed E-state index contributed by atoms with van der Waals surface area (Å²) in [4.78, 5) is 96.2. The summed E-state index contributed by atoms with van der Waals surface area (Å²) < 4.78 is 26.0. The van der Waals surface area contributed by atoms with Gasteiger partial charge in [0.2, 0.25) is 10.0 Å². The second-order valence-electron chi connectivity index (χ2n) is 39.8. The number of aliphatic carboxylic acids is 1. The minimum Gasteiger partial charge on any atom is -0.477 e. The fraction of sp³-hybridized carbons (Fsp3) is 0.366. The third kappa shape index (κ3) is 28.2. The van der Waals surface area contributed by atoms with Crippen molar-refractivity contribution in [2.45, 2.75) is 209 Å². The van der Waals surface area contributed by atoms with Crippen LogP contribution < -0.4 is 68.3 Å². The number of carboxylic acids is 1. The number of nitrogens with one attached hydrogen (secondary N) is 6. The highest BCUT2D eigenvalue weighted by molar-refractivity contribution is 7.92. The number of amides is 6. The van der Waals surface area contributed by atoms with E-state index < -0.39 is 37.9 Å².